The molecule has 2 aromatic rings. The number of nitrogens with one attached hydrogen (secondary N) is 1. The first kappa shape index (κ1) is 23.1. The van der Waals surface area contributed by atoms with Crippen LogP contribution in [-0.4, -0.2) is 38.3 Å². The minimum Gasteiger partial charge on any atom is -0.490 e. The predicted octanol–water partition coefficient (Wildman–Crippen LogP) is 4.99. The van der Waals surface area contributed by atoms with Crippen LogP contribution in [0.25, 0.3) is 0 Å². The molecule has 1 N–H and O–H groups in total. The van der Waals surface area contributed by atoms with Gasteiger partial charge in [-0.15, -0.1) is 0 Å². The number of hydrogen-bond acceptors (Lipinski definition) is 5. The van der Waals surface area contributed by atoms with Crippen molar-refractivity contribution in [1.29, 1.82) is 0 Å². The molecule has 0 aromatic heterocycles. The summed E-state index contributed by atoms with van der Waals surface area (Å²) in [5, 5.41) is 3.52. The van der Waals surface area contributed by atoms with Crippen LogP contribution in [0.1, 0.15) is 49.0 Å². The molecule has 1 saturated heterocycles. The fourth-order valence-corrected chi connectivity index (χ4v) is 4.04. The van der Waals surface area contributed by atoms with Crippen molar-refractivity contribution in [3.63, 3.8) is 0 Å². The topological polar surface area (TPSA) is 73.9 Å². The Morgan fingerprint density at radius 2 is 1.90 bits per heavy atom. The lowest BCUT2D eigenvalue weighted by molar-refractivity contribution is -0.125. The second-order valence-corrected chi connectivity index (χ2v) is 8.07. The molecule has 166 valence electrons. The summed E-state index contributed by atoms with van der Waals surface area (Å²) in [6, 6.07) is 12.4. The third-order valence-electron chi connectivity index (χ3n) is 5.72. The van der Waals surface area contributed by atoms with Crippen molar-refractivity contribution >= 4 is 29.2 Å². The minimum absolute atomic E-state index is 0.0606. The fourth-order valence-electron chi connectivity index (χ4n) is 3.72. The molecule has 2 aromatic carbocycles. The van der Waals surface area contributed by atoms with Crippen LogP contribution < -0.4 is 10.1 Å². The lowest BCUT2D eigenvalue weighted by Crippen LogP contribution is -2.45. The Bertz CT molecular complexity index is 939. The molecule has 31 heavy (non-hydrogen) atoms. The van der Waals surface area contributed by atoms with E-state index in [2.05, 4.69) is 5.32 Å². The summed E-state index contributed by atoms with van der Waals surface area (Å²) in [5.41, 5.74) is 0.718. The smallest absolute Gasteiger partial charge is 0.341 e. The molecule has 1 heterocycles. The maximum Gasteiger partial charge on any atom is 0.341 e. The molecular formula is C24H28ClNO5. The highest BCUT2D eigenvalue weighted by Gasteiger charge is 2.43. The number of hydrogen-bond donors (Lipinski definition) is 1. The van der Waals surface area contributed by atoms with Gasteiger partial charge < -0.3 is 19.5 Å². The van der Waals surface area contributed by atoms with E-state index in [9.17, 15) is 9.59 Å². The van der Waals surface area contributed by atoms with Crippen LogP contribution in [0.4, 0.5) is 5.69 Å². The number of anilines is 1. The third-order valence-corrected chi connectivity index (χ3v) is 6.05. The SMILES string of the molecule is CC[C@H](C)Oc1ccc(NC(=O)C2(c3ccccc3Cl)CCOCC2)cc1C(=O)OC. The summed E-state index contributed by atoms with van der Waals surface area (Å²) in [6.07, 6.45) is 1.76. The molecule has 0 saturated carbocycles. The first-order chi connectivity index (χ1) is 14.9. The molecule has 6 nitrogen and oxygen atoms in total. The number of halogens is 1. The Morgan fingerprint density at radius 1 is 1.19 bits per heavy atom. The molecule has 1 fully saturated rings. The molecule has 1 aliphatic rings. The lowest BCUT2D eigenvalue weighted by atomic mass is 9.73. The zero-order valence-corrected chi connectivity index (χ0v) is 18.8. The van der Waals surface area contributed by atoms with E-state index < -0.39 is 11.4 Å². The Morgan fingerprint density at radius 3 is 2.55 bits per heavy atom. The molecule has 0 bridgehead atoms. The minimum atomic E-state index is -0.812. The number of carbonyl (C=O) groups excluding carboxylic acids is 2. The van der Waals surface area contributed by atoms with Gasteiger partial charge in [-0.2, -0.15) is 0 Å². The summed E-state index contributed by atoms with van der Waals surface area (Å²) in [4.78, 5) is 25.9. The standard InChI is InChI=1S/C24H28ClNO5/c1-4-16(2)31-21-10-9-17(15-18(21)22(27)29-3)26-23(28)24(11-13-30-14-12-24)19-7-5-6-8-20(19)25/h5-10,15-16H,4,11-14H2,1-3H3,(H,26,28)/t16-/m0/s1. The predicted molar refractivity (Wildman–Crippen MR) is 120 cm³/mol. The molecule has 7 heteroatoms. The van der Waals surface area contributed by atoms with E-state index >= 15 is 0 Å². The highest BCUT2D eigenvalue weighted by molar-refractivity contribution is 6.31. The normalized spacial score (nSPS) is 16.3. The van der Waals surface area contributed by atoms with Gasteiger partial charge in [-0.3, -0.25) is 4.79 Å². The van der Waals surface area contributed by atoms with Crippen molar-refractivity contribution in [3.8, 4) is 5.75 Å². The van der Waals surface area contributed by atoms with Crippen molar-refractivity contribution in [2.75, 3.05) is 25.6 Å². The van der Waals surface area contributed by atoms with Gasteiger partial charge in [-0.1, -0.05) is 36.7 Å². The van der Waals surface area contributed by atoms with Gasteiger partial charge in [-0.05, 0) is 56.0 Å². The van der Waals surface area contributed by atoms with Crippen LogP contribution in [0.15, 0.2) is 42.5 Å². The Labute approximate surface area is 187 Å². The van der Waals surface area contributed by atoms with E-state index in [0.29, 0.717) is 42.5 Å². The fraction of sp³-hybridized carbons (Fsp3) is 0.417. The van der Waals surface area contributed by atoms with Gasteiger partial charge in [0.15, 0.2) is 0 Å². The van der Waals surface area contributed by atoms with Crippen molar-refractivity contribution < 1.29 is 23.8 Å². The first-order valence-corrected chi connectivity index (χ1v) is 10.8. The average Bonchev–Trinajstić information content (AvgIpc) is 2.80. The third kappa shape index (κ3) is 5.02. The lowest BCUT2D eigenvalue weighted by Gasteiger charge is -2.36. The average molecular weight is 446 g/mol. The summed E-state index contributed by atoms with van der Waals surface area (Å²) in [6.45, 7) is 4.86. The molecule has 0 unspecified atom stereocenters. The van der Waals surface area contributed by atoms with Crippen molar-refractivity contribution in [1.82, 2.24) is 0 Å². The van der Waals surface area contributed by atoms with Gasteiger partial charge in [0.1, 0.15) is 11.3 Å². The van der Waals surface area contributed by atoms with Crippen molar-refractivity contribution in [2.45, 2.75) is 44.6 Å². The second-order valence-electron chi connectivity index (χ2n) is 7.67. The van der Waals surface area contributed by atoms with Gasteiger partial charge in [0, 0.05) is 23.9 Å². The number of methoxy groups -OCH3 is 1. The Kier molecular flexibility index (Phi) is 7.57. The van der Waals surface area contributed by atoms with E-state index in [4.69, 9.17) is 25.8 Å². The molecule has 1 amide bonds. The molecule has 1 aliphatic heterocycles. The van der Waals surface area contributed by atoms with E-state index in [1.54, 1.807) is 24.3 Å². The van der Waals surface area contributed by atoms with E-state index in [1.807, 2.05) is 32.0 Å². The van der Waals surface area contributed by atoms with Crippen LogP contribution in [0, 0.1) is 0 Å². The molecule has 3 rings (SSSR count). The highest BCUT2D eigenvalue weighted by Crippen LogP contribution is 2.40. The molecule has 0 spiro atoms. The first-order valence-electron chi connectivity index (χ1n) is 10.4. The van der Waals surface area contributed by atoms with Crippen LogP contribution in [0.5, 0.6) is 5.75 Å². The number of carbonyl (C=O) groups is 2. The van der Waals surface area contributed by atoms with Crippen LogP contribution in [0.3, 0.4) is 0 Å². The quantitative estimate of drug-likeness (QED) is 0.607. The van der Waals surface area contributed by atoms with Gasteiger partial charge in [0.05, 0.1) is 18.6 Å². The summed E-state index contributed by atoms with van der Waals surface area (Å²) in [5.74, 6) is -0.289. The van der Waals surface area contributed by atoms with Crippen LogP contribution >= 0.6 is 11.6 Å². The zero-order valence-electron chi connectivity index (χ0n) is 18.1. The number of amides is 1. The maximum absolute atomic E-state index is 13.5. The zero-order chi connectivity index (χ0) is 22.4. The van der Waals surface area contributed by atoms with Gasteiger partial charge in [-0.25, -0.2) is 4.79 Å². The van der Waals surface area contributed by atoms with Crippen molar-refractivity contribution in [3.05, 3.63) is 58.6 Å². The van der Waals surface area contributed by atoms with E-state index in [-0.39, 0.29) is 17.6 Å². The number of ether oxygens (including phenoxy) is 3. The van der Waals surface area contributed by atoms with Gasteiger partial charge >= 0.3 is 5.97 Å². The Balaban J connectivity index is 1.93. The van der Waals surface area contributed by atoms with Crippen LogP contribution in [0.2, 0.25) is 5.02 Å². The largest absolute Gasteiger partial charge is 0.490 e. The maximum atomic E-state index is 13.5. The van der Waals surface area contributed by atoms with E-state index in [0.717, 1.165) is 12.0 Å². The van der Waals surface area contributed by atoms with E-state index in [1.165, 1.54) is 7.11 Å². The molecule has 0 radical (unpaired) electrons. The van der Waals surface area contributed by atoms with Crippen molar-refractivity contribution in [2.24, 2.45) is 0 Å². The van der Waals surface area contributed by atoms with Gasteiger partial charge in [0.25, 0.3) is 0 Å². The summed E-state index contributed by atoms with van der Waals surface area (Å²) < 4.78 is 16.3. The molecular weight excluding hydrogens is 418 g/mol. The number of esters is 1. The summed E-state index contributed by atoms with van der Waals surface area (Å²) >= 11 is 6.46. The second kappa shape index (κ2) is 10.2. The Hall–Kier alpha value is -2.57. The van der Waals surface area contributed by atoms with Crippen LogP contribution in [-0.2, 0) is 19.7 Å². The number of rotatable bonds is 7. The van der Waals surface area contributed by atoms with Gasteiger partial charge in [0.2, 0.25) is 5.91 Å². The monoisotopic (exact) mass is 445 g/mol. The number of benzene rings is 2. The summed E-state index contributed by atoms with van der Waals surface area (Å²) in [7, 11) is 1.31. The molecule has 0 aliphatic carbocycles. The molecule has 1 atom stereocenters. The highest BCUT2D eigenvalue weighted by atomic mass is 35.5.